The van der Waals surface area contributed by atoms with Gasteiger partial charge < -0.3 is 0 Å². The molecule has 0 saturated heterocycles. The first-order valence-corrected chi connectivity index (χ1v) is 8.08. The largest absolute Gasteiger partial charge is 0.291 e. The molecule has 2 heterocycles. The Balaban J connectivity index is 1.92. The Labute approximate surface area is 140 Å². The summed E-state index contributed by atoms with van der Waals surface area (Å²) in [5.74, 6) is 0.815. The van der Waals surface area contributed by atoms with Gasteiger partial charge in [-0.2, -0.15) is 5.10 Å². The van der Waals surface area contributed by atoms with Gasteiger partial charge in [-0.15, -0.1) is 0 Å². The van der Waals surface area contributed by atoms with E-state index in [9.17, 15) is 4.79 Å². The lowest BCUT2D eigenvalue weighted by Crippen LogP contribution is -2.26. The van der Waals surface area contributed by atoms with Crippen LogP contribution in [0.15, 0.2) is 53.3 Å². The van der Waals surface area contributed by atoms with E-state index in [2.05, 4.69) is 49.3 Å². The van der Waals surface area contributed by atoms with E-state index in [1.165, 1.54) is 11.1 Å². The summed E-state index contributed by atoms with van der Waals surface area (Å²) in [5.41, 5.74) is 5.11. The molecule has 4 nitrogen and oxygen atoms in total. The minimum Gasteiger partial charge on any atom is -0.291 e. The number of benzene rings is 2. The Hall–Kier alpha value is -2.88. The third-order valence-corrected chi connectivity index (χ3v) is 4.45. The Morgan fingerprint density at radius 1 is 0.875 bits per heavy atom. The Bertz CT molecular complexity index is 1120. The summed E-state index contributed by atoms with van der Waals surface area (Å²) in [6.07, 6.45) is 0. The van der Waals surface area contributed by atoms with Crippen LogP contribution < -0.4 is 5.56 Å². The SMILES string of the molecule is Cc1ccc(Cn2nc(C)n3c(cc4cc(C)ccc43)c2=O)cc1. The van der Waals surface area contributed by atoms with E-state index in [1.54, 1.807) is 4.68 Å². The normalized spacial score (nSPS) is 11.5. The summed E-state index contributed by atoms with van der Waals surface area (Å²) in [6, 6.07) is 16.4. The second-order valence-electron chi connectivity index (χ2n) is 6.42. The van der Waals surface area contributed by atoms with Crippen LogP contribution in [0.3, 0.4) is 0 Å². The minimum atomic E-state index is -0.0602. The average Bonchev–Trinajstić information content (AvgIpc) is 2.93. The van der Waals surface area contributed by atoms with Crippen molar-refractivity contribution in [3.05, 3.63) is 81.4 Å². The molecular formula is C20H19N3O. The van der Waals surface area contributed by atoms with Crippen molar-refractivity contribution in [3.8, 4) is 0 Å². The van der Waals surface area contributed by atoms with Crippen molar-refractivity contribution >= 4 is 16.4 Å². The molecule has 120 valence electrons. The molecule has 0 unspecified atom stereocenters. The molecule has 0 radical (unpaired) electrons. The molecule has 4 heteroatoms. The van der Waals surface area contributed by atoms with Crippen molar-refractivity contribution in [2.45, 2.75) is 27.3 Å². The second-order valence-corrected chi connectivity index (χ2v) is 6.42. The van der Waals surface area contributed by atoms with Gasteiger partial charge in [0.25, 0.3) is 5.56 Å². The summed E-state index contributed by atoms with van der Waals surface area (Å²) in [5, 5.41) is 5.60. The zero-order valence-electron chi connectivity index (χ0n) is 14.1. The summed E-state index contributed by atoms with van der Waals surface area (Å²) >= 11 is 0. The second kappa shape index (κ2) is 5.34. The first-order valence-electron chi connectivity index (χ1n) is 8.08. The molecule has 0 aliphatic rings. The van der Waals surface area contributed by atoms with Gasteiger partial charge in [0.2, 0.25) is 0 Å². The molecule has 0 atom stereocenters. The van der Waals surface area contributed by atoms with Crippen LogP contribution in [0.4, 0.5) is 0 Å². The van der Waals surface area contributed by atoms with Gasteiger partial charge in [0, 0.05) is 5.39 Å². The van der Waals surface area contributed by atoms with E-state index in [0.29, 0.717) is 12.1 Å². The number of fused-ring (bicyclic) bond motifs is 3. The summed E-state index contributed by atoms with van der Waals surface area (Å²) in [6.45, 7) is 6.54. The van der Waals surface area contributed by atoms with Crippen LogP contribution in [-0.4, -0.2) is 14.2 Å². The van der Waals surface area contributed by atoms with E-state index in [1.807, 2.05) is 29.5 Å². The van der Waals surface area contributed by atoms with Gasteiger partial charge >= 0.3 is 0 Å². The molecule has 0 fully saturated rings. The van der Waals surface area contributed by atoms with Crippen molar-refractivity contribution < 1.29 is 0 Å². The lowest BCUT2D eigenvalue weighted by molar-refractivity contribution is 0.615. The zero-order chi connectivity index (χ0) is 16.8. The number of hydrogen-bond acceptors (Lipinski definition) is 2. The van der Waals surface area contributed by atoms with E-state index in [-0.39, 0.29) is 5.56 Å². The number of hydrogen-bond donors (Lipinski definition) is 0. The zero-order valence-corrected chi connectivity index (χ0v) is 14.1. The minimum absolute atomic E-state index is 0.0602. The van der Waals surface area contributed by atoms with Crippen molar-refractivity contribution in [1.82, 2.24) is 14.2 Å². The van der Waals surface area contributed by atoms with Crippen molar-refractivity contribution in [1.29, 1.82) is 0 Å². The molecule has 2 aromatic heterocycles. The number of aromatic nitrogens is 3. The molecule has 2 aromatic carbocycles. The predicted molar refractivity (Wildman–Crippen MR) is 96.7 cm³/mol. The van der Waals surface area contributed by atoms with Crippen LogP contribution in [0.5, 0.6) is 0 Å². The maximum atomic E-state index is 12.9. The van der Waals surface area contributed by atoms with Crippen LogP contribution in [0.1, 0.15) is 22.5 Å². The fourth-order valence-electron chi connectivity index (χ4n) is 3.21. The van der Waals surface area contributed by atoms with Gasteiger partial charge in [0.1, 0.15) is 11.3 Å². The first-order chi connectivity index (χ1) is 11.5. The standard InChI is InChI=1S/C20H19N3O/c1-13-4-7-16(8-5-13)12-22-20(24)19-11-17-10-14(2)6-9-18(17)23(19)15(3)21-22/h4-11H,12H2,1-3H3. The topological polar surface area (TPSA) is 39.3 Å². The van der Waals surface area contributed by atoms with Crippen LogP contribution in [0.25, 0.3) is 16.4 Å². The maximum Gasteiger partial charge on any atom is 0.291 e. The van der Waals surface area contributed by atoms with E-state index in [0.717, 1.165) is 22.3 Å². The molecule has 4 rings (SSSR count). The van der Waals surface area contributed by atoms with Gasteiger partial charge in [-0.3, -0.25) is 9.20 Å². The molecule has 0 bridgehead atoms. The van der Waals surface area contributed by atoms with Gasteiger partial charge in [-0.25, -0.2) is 4.68 Å². The number of nitrogens with zero attached hydrogens (tertiary/aromatic N) is 3. The predicted octanol–water partition coefficient (Wildman–Crippen LogP) is 3.62. The van der Waals surface area contributed by atoms with Crippen LogP contribution in [0.2, 0.25) is 0 Å². The van der Waals surface area contributed by atoms with Gasteiger partial charge in [-0.1, -0.05) is 41.5 Å². The fourth-order valence-corrected chi connectivity index (χ4v) is 3.21. The highest BCUT2D eigenvalue weighted by atomic mass is 16.1. The summed E-state index contributed by atoms with van der Waals surface area (Å²) < 4.78 is 3.50. The highest BCUT2D eigenvalue weighted by Gasteiger charge is 2.12. The molecule has 4 aromatic rings. The Kier molecular flexibility index (Phi) is 3.27. The summed E-state index contributed by atoms with van der Waals surface area (Å²) in [4.78, 5) is 12.9. The maximum absolute atomic E-state index is 12.9. The number of aryl methyl sites for hydroxylation is 3. The smallest absolute Gasteiger partial charge is 0.291 e. The monoisotopic (exact) mass is 317 g/mol. The van der Waals surface area contributed by atoms with Gasteiger partial charge in [-0.05, 0) is 44.5 Å². The highest BCUT2D eigenvalue weighted by Crippen LogP contribution is 2.20. The van der Waals surface area contributed by atoms with Crippen LogP contribution in [-0.2, 0) is 6.54 Å². The van der Waals surface area contributed by atoms with Crippen molar-refractivity contribution in [3.63, 3.8) is 0 Å². The molecule has 0 amide bonds. The van der Waals surface area contributed by atoms with Crippen molar-refractivity contribution in [2.75, 3.05) is 0 Å². The van der Waals surface area contributed by atoms with E-state index < -0.39 is 0 Å². The quantitative estimate of drug-likeness (QED) is 0.566. The van der Waals surface area contributed by atoms with Gasteiger partial charge in [0.15, 0.2) is 0 Å². The molecule has 0 N–H and O–H groups in total. The number of rotatable bonds is 2. The fraction of sp³-hybridized carbons (Fsp3) is 0.200. The van der Waals surface area contributed by atoms with Crippen LogP contribution >= 0.6 is 0 Å². The Morgan fingerprint density at radius 3 is 2.33 bits per heavy atom. The third kappa shape index (κ3) is 2.31. The highest BCUT2D eigenvalue weighted by molar-refractivity contribution is 5.87. The lowest BCUT2D eigenvalue weighted by Gasteiger charge is -2.09. The summed E-state index contributed by atoms with van der Waals surface area (Å²) in [7, 11) is 0. The average molecular weight is 317 g/mol. The van der Waals surface area contributed by atoms with Crippen molar-refractivity contribution in [2.24, 2.45) is 0 Å². The molecular weight excluding hydrogens is 298 g/mol. The molecule has 0 aliphatic carbocycles. The van der Waals surface area contributed by atoms with Gasteiger partial charge in [0.05, 0.1) is 12.1 Å². The third-order valence-electron chi connectivity index (χ3n) is 4.45. The lowest BCUT2D eigenvalue weighted by atomic mass is 10.1. The van der Waals surface area contributed by atoms with E-state index in [4.69, 9.17) is 0 Å². The first kappa shape index (κ1) is 14.7. The van der Waals surface area contributed by atoms with E-state index >= 15 is 0 Å². The molecule has 0 spiro atoms. The van der Waals surface area contributed by atoms with Crippen LogP contribution in [0, 0.1) is 20.8 Å². The Morgan fingerprint density at radius 2 is 1.58 bits per heavy atom. The molecule has 0 aliphatic heterocycles. The molecule has 24 heavy (non-hydrogen) atoms. The molecule has 0 saturated carbocycles.